The van der Waals surface area contributed by atoms with Crippen molar-refractivity contribution in [2.24, 2.45) is 0 Å². The predicted octanol–water partition coefficient (Wildman–Crippen LogP) is 5.09. The molecule has 7 heteroatoms. The van der Waals surface area contributed by atoms with Gasteiger partial charge in [-0.15, -0.1) is 0 Å². The second-order valence-electron chi connectivity index (χ2n) is 9.35. The number of aromatic nitrogens is 1. The monoisotopic (exact) mass is 434 g/mol. The number of fused-ring (bicyclic) bond motifs is 1. The van der Waals surface area contributed by atoms with Gasteiger partial charge in [0.05, 0.1) is 0 Å². The number of pyridine rings is 1. The van der Waals surface area contributed by atoms with Gasteiger partial charge in [-0.2, -0.15) is 0 Å². The average molecular weight is 435 g/mol. The highest BCUT2D eigenvalue weighted by Crippen LogP contribution is 2.28. The minimum absolute atomic E-state index is 0.0898. The number of carbonyl (C=O) groups excluding carboxylic acids is 2. The number of hydrogen-bond donors (Lipinski definition) is 2. The fourth-order valence-corrected chi connectivity index (χ4v) is 4.04. The van der Waals surface area contributed by atoms with E-state index in [0.29, 0.717) is 13.1 Å². The summed E-state index contributed by atoms with van der Waals surface area (Å²) >= 11 is 0. The summed E-state index contributed by atoms with van der Waals surface area (Å²) in [6.07, 6.45) is 7.92. The lowest BCUT2D eigenvalue weighted by Gasteiger charge is -2.26. The first-order valence-corrected chi connectivity index (χ1v) is 11.0. The van der Waals surface area contributed by atoms with E-state index < -0.39 is 5.60 Å². The van der Waals surface area contributed by atoms with Crippen LogP contribution in [0.15, 0.2) is 48.8 Å². The molecule has 2 N–H and O–H groups in total. The third-order valence-corrected chi connectivity index (χ3v) is 5.65. The van der Waals surface area contributed by atoms with Crippen molar-refractivity contribution in [1.82, 2.24) is 15.2 Å². The van der Waals surface area contributed by atoms with Gasteiger partial charge in [0, 0.05) is 37.2 Å². The van der Waals surface area contributed by atoms with Crippen molar-refractivity contribution >= 4 is 23.4 Å². The van der Waals surface area contributed by atoms with Gasteiger partial charge in [0.15, 0.2) is 0 Å². The van der Waals surface area contributed by atoms with Gasteiger partial charge in [0.1, 0.15) is 5.60 Å². The minimum Gasteiger partial charge on any atom is -0.444 e. The van der Waals surface area contributed by atoms with Gasteiger partial charge >= 0.3 is 12.1 Å². The fourth-order valence-electron chi connectivity index (χ4n) is 4.04. The normalized spacial score (nSPS) is 17.9. The zero-order valence-electron chi connectivity index (χ0n) is 18.9. The topological polar surface area (TPSA) is 83.6 Å². The van der Waals surface area contributed by atoms with Crippen molar-refractivity contribution in [2.75, 3.05) is 5.32 Å². The van der Waals surface area contributed by atoms with Crippen LogP contribution >= 0.6 is 0 Å². The van der Waals surface area contributed by atoms with Crippen molar-refractivity contribution in [3.8, 4) is 0 Å². The van der Waals surface area contributed by atoms with Crippen LogP contribution in [-0.4, -0.2) is 33.7 Å². The van der Waals surface area contributed by atoms with Gasteiger partial charge in [-0.1, -0.05) is 18.2 Å². The summed E-state index contributed by atoms with van der Waals surface area (Å²) in [5.41, 5.74) is 4.92. The van der Waals surface area contributed by atoms with Gasteiger partial charge in [-0.05, 0) is 80.5 Å². The summed E-state index contributed by atoms with van der Waals surface area (Å²) in [6.45, 7) is 6.77. The summed E-state index contributed by atoms with van der Waals surface area (Å²) in [6, 6.07) is 9.88. The quantitative estimate of drug-likeness (QED) is 0.705. The molecule has 7 nitrogen and oxygen atoms in total. The molecule has 2 aliphatic rings. The Kier molecular flexibility index (Phi) is 6.17. The van der Waals surface area contributed by atoms with Crippen LogP contribution in [0.2, 0.25) is 0 Å². The molecule has 168 valence electrons. The van der Waals surface area contributed by atoms with E-state index in [1.54, 1.807) is 11.1 Å². The number of urea groups is 1. The molecule has 2 heterocycles. The maximum Gasteiger partial charge on any atom is 0.407 e. The van der Waals surface area contributed by atoms with E-state index in [-0.39, 0.29) is 18.2 Å². The molecule has 0 saturated carbocycles. The maximum atomic E-state index is 12.6. The number of rotatable bonds is 3. The molecule has 0 spiro atoms. The number of allylic oxidation sites excluding steroid dienone is 1. The summed E-state index contributed by atoms with van der Waals surface area (Å²) in [4.78, 5) is 30.5. The Morgan fingerprint density at radius 2 is 1.84 bits per heavy atom. The van der Waals surface area contributed by atoms with Gasteiger partial charge in [-0.25, -0.2) is 9.59 Å². The van der Waals surface area contributed by atoms with Gasteiger partial charge in [-0.3, -0.25) is 4.98 Å². The number of nitrogens with one attached hydrogen (secondary N) is 2. The highest BCUT2D eigenvalue weighted by molar-refractivity contribution is 5.90. The summed E-state index contributed by atoms with van der Waals surface area (Å²) in [7, 11) is 0. The molecule has 0 fully saturated rings. The molecule has 0 radical (unpaired) electrons. The zero-order chi connectivity index (χ0) is 22.7. The number of hydrogen-bond acceptors (Lipinski definition) is 4. The fraction of sp³-hybridized carbons (Fsp3) is 0.400. The van der Waals surface area contributed by atoms with E-state index in [0.717, 1.165) is 41.6 Å². The van der Waals surface area contributed by atoms with Crippen molar-refractivity contribution in [1.29, 1.82) is 0 Å². The molecular formula is C25H30N4O3. The van der Waals surface area contributed by atoms with E-state index in [9.17, 15) is 9.59 Å². The summed E-state index contributed by atoms with van der Waals surface area (Å²) < 4.78 is 5.34. The number of alkyl carbamates (subject to hydrolysis) is 1. The highest BCUT2D eigenvalue weighted by Gasteiger charge is 2.24. The SMILES string of the molecule is CC(C)(C)OC(=O)NC1CC=C(c2ccc(NC(=O)N3Cc4ccncc4C3)cc2)CC1. The van der Waals surface area contributed by atoms with Gasteiger partial charge in [0.25, 0.3) is 0 Å². The lowest BCUT2D eigenvalue weighted by atomic mass is 9.91. The Labute approximate surface area is 188 Å². The maximum absolute atomic E-state index is 12.6. The van der Waals surface area contributed by atoms with Crippen LogP contribution in [0.25, 0.3) is 5.57 Å². The molecule has 0 saturated heterocycles. The highest BCUT2D eigenvalue weighted by atomic mass is 16.6. The first-order valence-electron chi connectivity index (χ1n) is 11.0. The molecule has 4 rings (SSSR count). The van der Waals surface area contributed by atoms with Crippen LogP contribution in [0.3, 0.4) is 0 Å². The summed E-state index contributed by atoms with van der Waals surface area (Å²) in [5, 5.41) is 5.93. The third-order valence-electron chi connectivity index (χ3n) is 5.65. The first-order chi connectivity index (χ1) is 15.3. The molecule has 1 atom stereocenters. The first kappa shape index (κ1) is 21.9. The molecule has 1 aromatic carbocycles. The standard InChI is InChI=1S/C25H30N4O3/c1-25(2,3)32-24(31)28-22-10-6-18(7-11-22)17-4-8-21(9-5-17)27-23(30)29-15-19-12-13-26-14-20(19)16-29/h4-6,8-9,12-14,22H,7,10-11,15-16H2,1-3H3,(H,27,30)(H,28,31). The smallest absolute Gasteiger partial charge is 0.407 e. The van der Waals surface area contributed by atoms with Crippen LogP contribution in [0.5, 0.6) is 0 Å². The Balaban J connectivity index is 1.29. The molecule has 1 aliphatic carbocycles. The number of amides is 3. The van der Waals surface area contributed by atoms with Crippen molar-refractivity contribution < 1.29 is 14.3 Å². The molecule has 1 unspecified atom stereocenters. The molecule has 3 amide bonds. The Hall–Kier alpha value is -3.35. The Bertz CT molecular complexity index is 999. The molecule has 2 aromatic rings. The lowest BCUT2D eigenvalue weighted by molar-refractivity contribution is 0.0502. The van der Waals surface area contributed by atoms with Gasteiger partial charge in [0.2, 0.25) is 0 Å². The largest absolute Gasteiger partial charge is 0.444 e. The number of ether oxygens (including phenoxy) is 1. The van der Waals surface area contributed by atoms with E-state index in [4.69, 9.17) is 4.74 Å². The third kappa shape index (κ3) is 5.46. The Morgan fingerprint density at radius 1 is 1.09 bits per heavy atom. The van der Waals surface area contributed by atoms with Crippen LogP contribution in [0, 0.1) is 0 Å². The van der Waals surface area contributed by atoms with Crippen LogP contribution in [0.1, 0.15) is 56.7 Å². The summed E-state index contributed by atoms with van der Waals surface area (Å²) in [5.74, 6) is 0. The second-order valence-corrected chi connectivity index (χ2v) is 9.35. The molecule has 0 bridgehead atoms. The van der Waals surface area contributed by atoms with E-state index >= 15 is 0 Å². The van der Waals surface area contributed by atoms with Crippen LogP contribution < -0.4 is 10.6 Å². The van der Waals surface area contributed by atoms with E-state index in [2.05, 4.69) is 21.7 Å². The predicted molar refractivity (Wildman–Crippen MR) is 124 cm³/mol. The number of carbonyl (C=O) groups is 2. The number of nitrogens with zero attached hydrogens (tertiary/aromatic N) is 2. The molecular weight excluding hydrogens is 404 g/mol. The molecule has 1 aromatic heterocycles. The average Bonchev–Trinajstić information content (AvgIpc) is 3.18. The van der Waals surface area contributed by atoms with E-state index in [1.807, 2.05) is 57.3 Å². The molecule has 32 heavy (non-hydrogen) atoms. The van der Waals surface area contributed by atoms with Crippen LogP contribution in [0.4, 0.5) is 15.3 Å². The number of anilines is 1. The minimum atomic E-state index is -0.493. The van der Waals surface area contributed by atoms with Crippen molar-refractivity contribution in [3.63, 3.8) is 0 Å². The van der Waals surface area contributed by atoms with Gasteiger partial charge < -0.3 is 20.3 Å². The van der Waals surface area contributed by atoms with Crippen LogP contribution in [-0.2, 0) is 17.8 Å². The van der Waals surface area contributed by atoms with Crippen molar-refractivity contribution in [3.05, 3.63) is 65.5 Å². The number of benzene rings is 1. The second kappa shape index (κ2) is 9.02. The van der Waals surface area contributed by atoms with Crippen molar-refractivity contribution in [2.45, 2.75) is 64.8 Å². The molecule has 1 aliphatic heterocycles. The lowest BCUT2D eigenvalue weighted by Crippen LogP contribution is -2.39. The Morgan fingerprint density at radius 3 is 2.50 bits per heavy atom. The van der Waals surface area contributed by atoms with E-state index in [1.165, 1.54) is 5.57 Å². The zero-order valence-corrected chi connectivity index (χ0v) is 18.9.